The molecule has 3 atom stereocenters. The van der Waals surface area contributed by atoms with Crippen molar-refractivity contribution in [1.82, 2.24) is 0 Å². The van der Waals surface area contributed by atoms with Gasteiger partial charge in [-0.3, -0.25) is 0 Å². The van der Waals surface area contributed by atoms with Crippen molar-refractivity contribution in [3.8, 4) is 0 Å². The van der Waals surface area contributed by atoms with E-state index in [1.54, 1.807) is 0 Å². The molecule has 0 amide bonds. The smallest absolute Gasteiger partial charge is 0.0652 e. The first-order valence-electron chi connectivity index (χ1n) is 7.04. The third-order valence-electron chi connectivity index (χ3n) is 5.50. The van der Waals surface area contributed by atoms with Crippen LogP contribution in [0.3, 0.4) is 0 Å². The molecule has 2 saturated carbocycles. The second kappa shape index (κ2) is 4.30. The van der Waals surface area contributed by atoms with Crippen LogP contribution in [0.5, 0.6) is 0 Å². The summed E-state index contributed by atoms with van der Waals surface area (Å²) >= 11 is 12.3. The Morgan fingerprint density at radius 3 is 2.53 bits per heavy atom. The lowest BCUT2D eigenvalue weighted by Crippen LogP contribution is -2.45. The van der Waals surface area contributed by atoms with E-state index in [2.05, 4.69) is 26.1 Å². The summed E-state index contributed by atoms with van der Waals surface area (Å²) in [7, 11) is 0. The van der Waals surface area contributed by atoms with Crippen LogP contribution < -0.4 is 5.32 Å². The minimum Gasteiger partial charge on any atom is -0.380 e. The lowest BCUT2D eigenvalue weighted by Gasteiger charge is -2.43. The highest BCUT2D eigenvalue weighted by atomic mass is 35.5. The number of rotatable bonds is 2. The van der Waals surface area contributed by atoms with Gasteiger partial charge in [0.15, 0.2) is 0 Å². The molecule has 1 aromatic carbocycles. The second-order valence-electron chi connectivity index (χ2n) is 7.12. The quantitative estimate of drug-likeness (QED) is 0.747. The van der Waals surface area contributed by atoms with Crippen LogP contribution in [0.15, 0.2) is 18.2 Å². The molecular formula is C16H21Cl2N. The number of nitrogens with one attached hydrogen (secondary N) is 1. The zero-order chi connectivity index (χ0) is 13.8. The van der Waals surface area contributed by atoms with Gasteiger partial charge in [0.05, 0.1) is 10.7 Å². The van der Waals surface area contributed by atoms with Crippen LogP contribution in [0.4, 0.5) is 5.69 Å². The lowest BCUT2D eigenvalue weighted by molar-refractivity contribution is 0.155. The molecule has 1 nitrogen and oxygen atoms in total. The molecule has 0 aromatic heterocycles. The number of fused-ring (bicyclic) bond motifs is 2. The monoisotopic (exact) mass is 297 g/mol. The van der Waals surface area contributed by atoms with Crippen molar-refractivity contribution in [3.05, 3.63) is 28.2 Å². The Labute approximate surface area is 125 Å². The van der Waals surface area contributed by atoms with Gasteiger partial charge in [0.1, 0.15) is 0 Å². The van der Waals surface area contributed by atoms with Crippen LogP contribution in [-0.2, 0) is 0 Å². The van der Waals surface area contributed by atoms with Crippen LogP contribution >= 0.6 is 23.2 Å². The van der Waals surface area contributed by atoms with E-state index in [1.807, 2.05) is 18.2 Å². The minimum atomic E-state index is 0.329. The summed E-state index contributed by atoms with van der Waals surface area (Å²) in [5, 5.41) is 5.11. The molecule has 2 aliphatic rings. The van der Waals surface area contributed by atoms with Crippen LogP contribution in [0.1, 0.15) is 40.0 Å². The van der Waals surface area contributed by atoms with Gasteiger partial charge in [-0.25, -0.2) is 0 Å². The zero-order valence-electron chi connectivity index (χ0n) is 11.8. The van der Waals surface area contributed by atoms with E-state index >= 15 is 0 Å². The van der Waals surface area contributed by atoms with Gasteiger partial charge < -0.3 is 5.32 Å². The molecule has 2 fully saturated rings. The van der Waals surface area contributed by atoms with Crippen molar-refractivity contribution >= 4 is 28.9 Å². The molecule has 3 rings (SSSR count). The summed E-state index contributed by atoms with van der Waals surface area (Å²) in [5.74, 6) is 0.834. The fourth-order valence-electron chi connectivity index (χ4n) is 4.42. The van der Waals surface area contributed by atoms with Crippen LogP contribution in [0, 0.1) is 16.7 Å². The van der Waals surface area contributed by atoms with E-state index in [0.29, 0.717) is 21.9 Å². The molecular weight excluding hydrogens is 277 g/mol. The molecule has 0 spiro atoms. The van der Waals surface area contributed by atoms with Crippen LogP contribution in [0.2, 0.25) is 10.0 Å². The molecule has 19 heavy (non-hydrogen) atoms. The number of benzene rings is 1. The van der Waals surface area contributed by atoms with Crippen LogP contribution in [-0.4, -0.2) is 6.04 Å². The van der Waals surface area contributed by atoms with E-state index in [-0.39, 0.29) is 0 Å². The van der Waals surface area contributed by atoms with Gasteiger partial charge in [-0.15, -0.1) is 0 Å². The summed E-state index contributed by atoms with van der Waals surface area (Å²) in [6.07, 6.45) is 4.03. The van der Waals surface area contributed by atoms with Gasteiger partial charge in [0.25, 0.3) is 0 Å². The molecule has 0 heterocycles. The average Bonchev–Trinajstić information content (AvgIpc) is 2.78. The normalized spacial score (nSPS) is 35.6. The summed E-state index contributed by atoms with van der Waals surface area (Å²) in [6.45, 7) is 7.20. The summed E-state index contributed by atoms with van der Waals surface area (Å²) in [6, 6.07) is 6.19. The molecule has 0 aliphatic heterocycles. The Bertz CT molecular complexity index is 507. The predicted molar refractivity (Wildman–Crippen MR) is 83.1 cm³/mol. The third-order valence-corrected chi connectivity index (χ3v) is 6.05. The number of hydrogen-bond donors (Lipinski definition) is 1. The first kappa shape index (κ1) is 13.6. The van der Waals surface area contributed by atoms with E-state index < -0.39 is 0 Å². The zero-order valence-corrected chi connectivity index (χ0v) is 13.3. The maximum Gasteiger partial charge on any atom is 0.0652 e. The summed E-state index contributed by atoms with van der Waals surface area (Å²) in [4.78, 5) is 0. The van der Waals surface area contributed by atoms with Gasteiger partial charge in [0.2, 0.25) is 0 Å². The molecule has 104 valence electrons. The topological polar surface area (TPSA) is 12.0 Å². The second-order valence-corrected chi connectivity index (χ2v) is 7.96. The number of hydrogen-bond acceptors (Lipinski definition) is 1. The maximum atomic E-state index is 6.30. The first-order chi connectivity index (χ1) is 8.83. The largest absolute Gasteiger partial charge is 0.380 e. The van der Waals surface area contributed by atoms with Gasteiger partial charge in [0, 0.05) is 11.1 Å². The van der Waals surface area contributed by atoms with E-state index in [4.69, 9.17) is 23.2 Å². The van der Waals surface area contributed by atoms with Crippen molar-refractivity contribution in [2.45, 2.75) is 46.1 Å². The van der Waals surface area contributed by atoms with Crippen molar-refractivity contribution in [2.75, 3.05) is 5.32 Å². The summed E-state index contributed by atoms with van der Waals surface area (Å²) in [5.41, 5.74) is 1.74. The highest BCUT2D eigenvalue weighted by Gasteiger charge is 2.59. The van der Waals surface area contributed by atoms with Gasteiger partial charge in [-0.2, -0.15) is 0 Å². The Morgan fingerprint density at radius 1 is 1.21 bits per heavy atom. The Kier molecular flexibility index (Phi) is 3.07. The SMILES string of the molecule is CC12CCC(C1)C(C)(C)C2Nc1ccc(Cl)cc1Cl. The Morgan fingerprint density at radius 2 is 1.95 bits per heavy atom. The van der Waals surface area contributed by atoms with Gasteiger partial charge in [-0.05, 0) is 54.2 Å². The highest BCUT2D eigenvalue weighted by molar-refractivity contribution is 6.36. The van der Waals surface area contributed by atoms with Gasteiger partial charge >= 0.3 is 0 Å². The molecule has 0 saturated heterocycles. The first-order valence-corrected chi connectivity index (χ1v) is 7.80. The molecule has 2 aliphatic carbocycles. The lowest BCUT2D eigenvalue weighted by atomic mass is 9.68. The number of halogens is 2. The van der Waals surface area contributed by atoms with Crippen molar-refractivity contribution < 1.29 is 0 Å². The van der Waals surface area contributed by atoms with Crippen molar-refractivity contribution in [2.24, 2.45) is 16.7 Å². The van der Waals surface area contributed by atoms with Crippen molar-refractivity contribution in [1.29, 1.82) is 0 Å². The van der Waals surface area contributed by atoms with Gasteiger partial charge in [-0.1, -0.05) is 44.0 Å². The Hall–Kier alpha value is -0.400. The molecule has 0 radical (unpaired) electrons. The van der Waals surface area contributed by atoms with Crippen molar-refractivity contribution in [3.63, 3.8) is 0 Å². The van der Waals surface area contributed by atoms with E-state index in [1.165, 1.54) is 19.3 Å². The van der Waals surface area contributed by atoms with Crippen LogP contribution in [0.25, 0.3) is 0 Å². The Balaban J connectivity index is 1.90. The van der Waals surface area contributed by atoms with E-state index in [0.717, 1.165) is 16.6 Å². The molecule has 1 aromatic rings. The summed E-state index contributed by atoms with van der Waals surface area (Å²) < 4.78 is 0. The maximum absolute atomic E-state index is 6.30. The predicted octanol–water partition coefficient (Wildman–Crippen LogP) is 5.62. The molecule has 3 unspecified atom stereocenters. The fraction of sp³-hybridized carbons (Fsp3) is 0.625. The number of anilines is 1. The molecule has 2 bridgehead atoms. The van der Waals surface area contributed by atoms with E-state index in [9.17, 15) is 0 Å². The minimum absolute atomic E-state index is 0.329. The fourth-order valence-corrected chi connectivity index (χ4v) is 4.89. The highest BCUT2D eigenvalue weighted by Crippen LogP contribution is 2.63. The molecule has 3 heteroatoms. The molecule has 1 N–H and O–H groups in total. The third kappa shape index (κ3) is 2.06. The average molecular weight is 298 g/mol. The standard InChI is InChI=1S/C16H21Cl2N/c1-15(2)10-6-7-16(3,9-10)14(15)19-13-5-4-11(17)8-12(13)18/h4-5,8,10,14,19H,6-7,9H2,1-3H3.